The second kappa shape index (κ2) is 5.92. The summed E-state index contributed by atoms with van der Waals surface area (Å²) < 4.78 is 16.2. The summed E-state index contributed by atoms with van der Waals surface area (Å²) in [7, 11) is 2.88. The summed E-state index contributed by atoms with van der Waals surface area (Å²) in [4.78, 5) is 11.1. The number of carbonyl (C=O) groups is 1. The van der Waals surface area contributed by atoms with Crippen LogP contribution in [-0.4, -0.2) is 31.9 Å². The zero-order valence-corrected chi connectivity index (χ0v) is 12.0. The molecule has 0 atom stereocenters. The van der Waals surface area contributed by atoms with E-state index in [-0.39, 0.29) is 11.0 Å². The molecule has 1 N–H and O–H groups in total. The van der Waals surface area contributed by atoms with E-state index in [1.165, 1.54) is 26.4 Å². The molecular weight excluding hydrogens is 274 g/mol. The molecule has 0 saturated heterocycles. The van der Waals surface area contributed by atoms with E-state index in [4.69, 9.17) is 24.6 Å². The van der Waals surface area contributed by atoms with Gasteiger partial charge < -0.3 is 19.3 Å². The third kappa shape index (κ3) is 3.19. The molecular formula is C15H17NO5. The lowest BCUT2D eigenvalue weighted by Crippen LogP contribution is -2.13. The Labute approximate surface area is 122 Å². The SMILES string of the molecule is COc1cc(C(=O)O)cc(OC)c1OCC1(CC#N)CC1. The molecule has 0 heterocycles. The molecule has 6 heteroatoms. The van der Waals surface area contributed by atoms with E-state index in [1.54, 1.807) is 0 Å². The molecule has 0 bridgehead atoms. The predicted octanol–water partition coefficient (Wildman–Crippen LogP) is 2.47. The number of hydrogen-bond acceptors (Lipinski definition) is 5. The van der Waals surface area contributed by atoms with Gasteiger partial charge in [0.05, 0.1) is 32.5 Å². The van der Waals surface area contributed by atoms with Gasteiger partial charge in [0.1, 0.15) is 0 Å². The average molecular weight is 291 g/mol. The maximum absolute atomic E-state index is 11.1. The van der Waals surface area contributed by atoms with Crippen molar-refractivity contribution in [1.29, 1.82) is 5.26 Å². The average Bonchev–Trinajstić information content (AvgIpc) is 3.24. The fourth-order valence-electron chi connectivity index (χ4n) is 2.09. The summed E-state index contributed by atoms with van der Waals surface area (Å²) in [6.45, 7) is 0.389. The van der Waals surface area contributed by atoms with Gasteiger partial charge in [-0.2, -0.15) is 5.26 Å². The molecule has 0 amide bonds. The highest BCUT2D eigenvalue weighted by Crippen LogP contribution is 2.50. The largest absolute Gasteiger partial charge is 0.493 e. The van der Waals surface area contributed by atoms with Crippen LogP contribution in [0.4, 0.5) is 0 Å². The molecule has 0 aromatic heterocycles. The van der Waals surface area contributed by atoms with E-state index >= 15 is 0 Å². The third-order valence-electron chi connectivity index (χ3n) is 3.64. The Morgan fingerprint density at radius 1 is 1.33 bits per heavy atom. The molecule has 0 spiro atoms. The second-order valence-electron chi connectivity index (χ2n) is 5.14. The molecule has 1 fully saturated rings. The molecule has 1 aromatic rings. The predicted molar refractivity (Wildman–Crippen MR) is 73.9 cm³/mol. The van der Waals surface area contributed by atoms with Crippen LogP contribution < -0.4 is 14.2 Å². The Morgan fingerprint density at radius 2 is 1.90 bits per heavy atom. The van der Waals surface area contributed by atoms with E-state index in [1.807, 2.05) is 0 Å². The van der Waals surface area contributed by atoms with Crippen molar-refractivity contribution in [2.45, 2.75) is 19.3 Å². The number of carboxylic acids is 1. The highest BCUT2D eigenvalue weighted by Gasteiger charge is 2.43. The Kier molecular flexibility index (Phi) is 4.22. The van der Waals surface area contributed by atoms with Crippen molar-refractivity contribution in [3.05, 3.63) is 17.7 Å². The van der Waals surface area contributed by atoms with E-state index in [0.717, 1.165) is 12.8 Å². The second-order valence-corrected chi connectivity index (χ2v) is 5.14. The summed E-state index contributed by atoms with van der Waals surface area (Å²) in [5, 5.41) is 17.9. The molecule has 6 nitrogen and oxygen atoms in total. The summed E-state index contributed by atoms with van der Waals surface area (Å²) in [5.41, 5.74) is -0.0230. The molecule has 0 unspecified atom stereocenters. The van der Waals surface area contributed by atoms with Gasteiger partial charge in [0.25, 0.3) is 0 Å². The molecule has 1 aromatic carbocycles. The smallest absolute Gasteiger partial charge is 0.335 e. The zero-order chi connectivity index (χ0) is 15.5. The number of benzene rings is 1. The van der Waals surface area contributed by atoms with Crippen LogP contribution in [0, 0.1) is 16.7 Å². The van der Waals surface area contributed by atoms with Gasteiger partial charge in [0.15, 0.2) is 11.5 Å². The quantitative estimate of drug-likeness (QED) is 0.830. The van der Waals surface area contributed by atoms with Crippen LogP contribution in [0.5, 0.6) is 17.2 Å². The van der Waals surface area contributed by atoms with Crippen LogP contribution in [0.3, 0.4) is 0 Å². The molecule has 1 aliphatic rings. The third-order valence-corrected chi connectivity index (χ3v) is 3.64. The van der Waals surface area contributed by atoms with Gasteiger partial charge in [0.2, 0.25) is 5.75 Å². The summed E-state index contributed by atoms with van der Waals surface area (Å²) in [6, 6.07) is 4.95. The molecule has 2 rings (SSSR count). The summed E-state index contributed by atoms with van der Waals surface area (Å²) >= 11 is 0. The van der Waals surface area contributed by atoms with Crippen LogP contribution in [0.1, 0.15) is 29.6 Å². The first-order valence-electron chi connectivity index (χ1n) is 6.54. The number of methoxy groups -OCH3 is 2. The fraction of sp³-hybridized carbons (Fsp3) is 0.467. The molecule has 0 aliphatic heterocycles. The normalized spacial score (nSPS) is 14.9. The topological polar surface area (TPSA) is 88.8 Å². The fourth-order valence-corrected chi connectivity index (χ4v) is 2.09. The minimum absolute atomic E-state index is 0.0641. The molecule has 21 heavy (non-hydrogen) atoms. The van der Waals surface area contributed by atoms with Crippen LogP contribution in [0.15, 0.2) is 12.1 Å². The van der Waals surface area contributed by atoms with Crippen molar-refractivity contribution in [1.82, 2.24) is 0 Å². The van der Waals surface area contributed by atoms with Gasteiger partial charge in [-0.05, 0) is 25.0 Å². The molecule has 0 radical (unpaired) electrons. The first-order chi connectivity index (χ1) is 10.0. The van der Waals surface area contributed by atoms with Crippen LogP contribution in [-0.2, 0) is 0 Å². The maximum Gasteiger partial charge on any atom is 0.335 e. The highest BCUT2D eigenvalue weighted by molar-refractivity contribution is 5.89. The maximum atomic E-state index is 11.1. The first kappa shape index (κ1) is 15.0. The van der Waals surface area contributed by atoms with Gasteiger partial charge in [0, 0.05) is 11.8 Å². The number of nitrogens with zero attached hydrogens (tertiary/aromatic N) is 1. The van der Waals surface area contributed by atoms with Gasteiger partial charge in [-0.1, -0.05) is 0 Å². The van der Waals surface area contributed by atoms with Crippen LogP contribution in [0.2, 0.25) is 0 Å². The molecule has 112 valence electrons. The van der Waals surface area contributed by atoms with E-state index in [9.17, 15) is 4.79 Å². The number of hydrogen-bond donors (Lipinski definition) is 1. The van der Waals surface area contributed by atoms with E-state index in [2.05, 4.69) is 6.07 Å². The van der Waals surface area contributed by atoms with Crippen molar-refractivity contribution in [3.63, 3.8) is 0 Å². The minimum Gasteiger partial charge on any atom is -0.493 e. The summed E-state index contributed by atoms with van der Waals surface area (Å²) in [6.07, 6.45) is 2.36. The number of nitriles is 1. The monoisotopic (exact) mass is 291 g/mol. The van der Waals surface area contributed by atoms with Gasteiger partial charge >= 0.3 is 5.97 Å². The minimum atomic E-state index is -1.07. The number of aromatic carboxylic acids is 1. The highest BCUT2D eigenvalue weighted by atomic mass is 16.5. The van der Waals surface area contributed by atoms with Crippen LogP contribution >= 0.6 is 0 Å². The number of rotatable bonds is 7. The standard InChI is InChI=1S/C15H17NO5/c1-19-11-7-10(14(17)18)8-12(20-2)13(11)21-9-15(3-4-15)5-6-16/h7-8H,3-5,9H2,1-2H3,(H,17,18). The molecule has 1 aliphatic carbocycles. The number of ether oxygens (including phenoxy) is 3. The van der Waals surface area contributed by atoms with Crippen molar-refractivity contribution < 1.29 is 24.1 Å². The number of carboxylic acid groups (broad SMARTS) is 1. The van der Waals surface area contributed by atoms with Gasteiger partial charge in [-0.15, -0.1) is 0 Å². The Morgan fingerprint density at radius 3 is 2.29 bits per heavy atom. The lowest BCUT2D eigenvalue weighted by Gasteiger charge is -2.18. The van der Waals surface area contributed by atoms with Crippen molar-refractivity contribution >= 4 is 5.97 Å². The van der Waals surface area contributed by atoms with Gasteiger partial charge in [-0.3, -0.25) is 0 Å². The first-order valence-corrected chi connectivity index (χ1v) is 6.54. The van der Waals surface area contributed by atoms with E-state index in [0.29, 0.717) is 30.3 Å². The van der Waals surface area contributed by atoms with Gasteiger partial charge in [-0.25, -0.2) is 4.79 Å². The Balaban J connectivity index is 2.25. The lowest BCUT2D eigenvalue weighted by atomic mass is 10.1. The van der Waals surface area contributed by atoms with Crippen molar-refractivity contribution in [2.24, 2.45) is 5.41 Å². The molecule has 1 saturated carbocycles. The summed E-state index contributed by atoms with van der Waals surface area (Å²) in [5.74, 6) is -0.0884. The van der Waals surface area contributed by atoms with Crippen LogP contribution in [0.25, 0.3) is 0 Å². The van der Waals surface area contributed by atoms with Crippen molar-refractivity contribution in [3.8, 4) is 23.3 Å². The lowest BCUT2D eigenvalue weighted by molar-refractivity contribution is 0.0696. The Bertz CT molecular complexity index is 561. The van der Waals surface area contributed by atoms with E-state index < -0.39 is 5.97 Å². The Hall–Kier alpha value is -2.42. The zero-order valence-electron chi connectivity index (χ0n) is 12.0. The van der Waals surface area contributed by atoms with Crippen molar-refractivity contribution in [2.75, 3.05) is 20.8 Å².